The molecule has 0 saturated carbocycles. The number of carbonyl (C=O) groups excluding carboxylic acids is 3. The molecular weight excluding hydrogens is 384 g/mol. The Morgan fingerprint density at radius 1 is 1.27 bits per heavy atom. The van der Waals surface area contributed by atoms with Crippen molar-refractivity contribution in [1.82, 2.24) is 20.0 Å². The molecule has 2 heterocycles. The van der Waals surface area contributed by atoms with E-state index in [0.29, 0.717) is 16.9 Å². The first-order valence-corrected chi connectivity index (χ1v) is 9.45. The van der Waals surface area contributed by atoms with Gasteiger partial charge in [0.05, 0.1) is 17.3 Å². The van der Waals surface area contributed by atoms with Gasteiger partial charge in [-0.2, -0.15) is 10.4 Å². The van der Waals surface area contributed by atoms with Gasteiger partial charge in [0.2, 0.25) is 5.91 Å². The Morgan fingerprint density at radius 2 is 1.90 bits per heavy atom. The third-order valence-corrected chi connectivity index (χ3v) is 5.08. The molecule has 0 unspecified atom stereocenters. The van der Waals surface area contributed by atoms with Crippen molar-refractivity contribution < 1.29 is 14.4 Å². The van der Waals surface area contributed by atoms with E-state index in [1.807, 2.05) is 26.8 Å². The number of nitriles is 1. The minimum absolute atomic E-state index is 0.186. The monoisotopic (exact) mass is 408 g/mol. The molecule has 0 radical (unpaired) electrons. The number of nitrogens with one attached hydrogen (secondary N) is 2. The number of nitrogens with zero attached hydrogens (tertiary/aromatic N) is 4. The molecule has 1 aliphatic heterocycles. The number of anilines is 1. The van der Waals surface area contributed by atoms with Crippen molar-refractivity contribution in [3.05, 3.63) is 47.2 Å². The highest BCUT2D eigenvalue weighted by Crippen LogP contribution is 2.29. The predicted octanol–water partition coefficient (Wildman–Crippen LogP) is 1.99. The van der Waals surface area contributed by atoms with Crippen LogP contribution in [0.15, 0.2) is 30.3 Å². The summed E-state index contributed by atoms with van der Waals surface area (Å²) in [6, 6.07) is 9.50. The van der Waals surface area contributed by atoms with E-state index in [0.717, 1.165) is 10.6 Å². The van der Waals surface area contributed by atoms with Crippen LogP contribution in [-0.2, 0) is 27.6 Å². The lowest BCUT2D eigenvalue weighted by molar-refractivity contribution is -0.133. The standard InChI is InChI=1S/C21H24N6O3/c1-20(2,3)15-10-16(26(5)25-15)23-17(28)12-27-18(29)21(4,24-19(27)30)14-8-6-13(11-22)7-9-14/h6-10H,12H2,1-5H3,(H,23,28)(H,24,30)/t21-/m0/s1. The van der Waals surface area contributed by atoms with Crippen LogP contribution < -0.4 is 10.6 Å². The maximum Gasteiger partial charge on any atom is 0.325 e. The molecule has 1 fully saturated rings. The van der Waals surface area contributed by atoms with E-state index >= 15 is 0 Å². The zero-order chi connectivity index (χ0) is 22.3. The number of hydrogen-bond acceptors (Lipinski definition) is 5. The van der Waals surface area contributed by atoms with Crippen molar-refractivity contribution in [2.45, 2.75) is 38.6 Å². The molecule has 1 aromatic heterocycles. The van der Waals surface area contributed by atoms with Gasteiger partial charge in [-0.25, -0.2) is 4.79 Å². The maximum atomic E-state index is 13.0. The average Bonchev–Trinajstić information content (AvgIpc) is 3.15. The minimum atomic E-state index is -1.31. The lowest BCUT2D eigenvalue weighted by Gasteiger charge is -2.22. The third kappa shape index (κ3) is 3.76. The number of imide groups is 1. The second-order valence-corrected chi connectivity index (χ2v) is 8.47. The van der Waals surface area contributed by atoms with Crippen LogP contribution in [0, 0.1) is 11.3 Å². The minimum Gasteiger partial charge on any atom is -0.319 e. The van der Waals surface area contributed by atoms with Crippen LogP contribution in [0.3, 0.4) is 0 Å². The van der Waals surface area contributed by atoms with Gasteiger partial charge >= 0.3 is 6.03 Å². The first-order chi connectivity index (χ1) is 14.0. The number of rotatable bonds is 4. The molecular formula is C21H24N6O3. The van der Waals surface area contributed by atoms with Gasteiger partial charge in [-0.05, 0) is 24.6 Å². The van der Waals surface area contributed by atoms with E-state index in [4.69, 9.17) is 5.26 Å². The number of amides is 4. The Hall–Kier alpha value is -3.67. The van der Waals surface area contributed by atoms with E-state index in [9.17, 15) is 14.4 Å². The van der Waals surface area contributed by atoms with Gasteiger partial charge in [0.1, 0.15) is 17.9 Å². The molecule has 2 aromatic rings. The number of benzene rings is 1. The molecule has 30 heavy (non-hydrogen) atoms. The molecule has 2 N–H and O–H groups in total. The zero-order valence-electron chi connectivity index (χ0n) is 17.6. The third-order valence-electron chi connectivity index (χ3n) is 5.08. The molecule has 9 heteroatoms. The van der Waals surface area contributed by atoms with E-state index in [2.05, 4.69) is 15.7 Å². The maximum absolute atomic E-state index is 13.0. The summed E-state index contributed by atoms with van der Waals surface area (Å²) >= 11 is 0. The normalized spacial score (nSPS) is 18.9. The van der Waals surface area contributed by atoms with Crippen LogP contribution >= 0.6 is 0 Å². The van der Waals surface area contributed by atoms with Crippen molar-refractivity contribution in [3.8, 4) is 6.07 Å². The van der Waals surface area contributed by atoms with E-state index in [-0.39, 0.29) is 5.41 Å². The molecule has 1 atom stereocenters. The summed E-state index contributed by atoms with van der Waals surface area (Å²) in [5.74, 6) is -0.564. The molecule has 0 spiro atoms. The van der Waals surface area contributed by atoms with Gasteiger partial charge in [-0.3, -0.25) is 19.2 Å². The Bertz CT molecular complexity index is 1060. The number of hydrogen-bond donors (Lipinski definition) is 2. The fourth-order valence-corrected chi connectivity index (χ4v) is 3.19. The van der Waals surface area contributed by atoms with Crippen LogP contribution in [0.2, 0.25) is 0 Å². The first-order valence-electron chi connectivity index (χ1n) is 9.45. The summed E-state index contributed by atoms with van der Waals surface area (Å²) in [7, 11) is 1.71. The number of aromatic nitrogens is 2. The molecule has 1 aromatic carbocycles. The first kappa shape index (κ1) is 21.0. The number of aryl methyl sites for hydroxylation is 1. The van der Waals surface area contributed by atoms with E-state index < -0.39 is 29.9 Å². The van der Waals surface area contributed by atoms with Gasteiger partial charge in [-0.15, -0.1) is 0 Å². The summed E-state index contributed by atoms with van der Waals surface area (Å²) < 4.78 is 1.55. The van der Waals surface area contributed by atoms with E-state index in [1.54, 1.807) is 49.0 Å². The Kier molecular flexibility index (Phi) is 5.12. The molecule has 156 valence electrons. The van der Waals surface area contributed by atoms with E-state index in [1.165, 1.54) is 0 Å². The second-order valence-electron chi connectivity index (χ2n) is 8.47. The van der Waals surface area contributed by atoms with Crippen LogP contribution in [0.4, 0.5) is 10.6 Å². The van der Waals surface area contributed by atoms with Crippen LogP contribution in [0.25, 0.3) is 0 Å². The van der Waals surface area contributed by atoms with Gasteiger partial charge in [0.15, 0.2) is 0 Å². The highest BCUT2D eigenvalue weighted by atomic mass is 16.2. The van der Waals surface area contributed by atoms with Crippen molar-refractivity contribution in [1.29, 1.82) is 5.26 Å². The fraction of sp³-hybridized carbons (Fsp3) is 0.381. The van der Waals surface area contributed by atoms with Gasteiger partial charge < -0.3 is 10.6 Å². The average molecular weight is 408 g/mol. The smallest absolute Gasteiger partial charge is 0.319 e. The van der Waals surface area contributed by atoms with Crippen LogP contribution in [0.1, 0.15) is 44.5 Å². The number of carbonyl (C=O) groups is 3. The van der Waals surface area contributed by atoms with Crippen LogP contribution in [0.5, 0.6) is 0 Å². The molecule has 0 bridgehead atoms. The van der Waals surface area contributed by atoms with Crippen molar-refractivity contribution in [3.63, 3.8) is 0 Å². The molecule has 0 aliphatic carbocycles. The lowest BCUT2D eigenvalue weighted by Crippen LogP contribution is -2.42. The molecule has 3 rings (SSSR count). The highest BCUT2D eigenvalue weighted by Gasteiger charge is 2.49. The molecule has 4 amide bonds. The van der Waals surface area contributed by atoms with Crippen molar-refractivity contribution in [2.75, 3.05) is 11.9 Å². The van der Waals surface area contributed by atoms with Gasteiger partial charge in [0, 0.05) is 18.5 Å². The topological polar surface area (TPSA) is 120 Å². The predicted molar refractivity (Wildman–Crippen MR) is 109 cm³/mol. The summed E-state index contributed by atoms with van der Waals surface area (Å²) in [5, 5.41) is 18.7. The van der Waals surface area contributed by atoms with Gasteiger partial charge in [-0.1, -0.05) is 32.9 Å². The SMILES string of the molecule is Cn1nc(C(C)(C)C)cc1NC(=O)CN1C(=O)N[C@@](C)(c2ccc(C#N)cc2)C1=O. The van der Waals surface area contributed by atoms with Gasteiger partial charge in [0.25, 0.3) is 5.91 Å². The molecule has 1 aliphatic rings. The molecule has 9 nitrogen and oxygen atoms in total. The fourth-order valence-electron chi connectivity index (χ4n) is 3.19. The van der Waals surface area contributed by atoms with Crippen molar-refractivity contribution >= 4 is 23.7 Å². The Morgan fingerprint density at radius 3 is 2.43 bits per heavy atom. The molecule has 1 saturated heterocycles. The van der Waals surface area contributed by atoms with Crippen molar-refractivity contribution in [2.24, 2.45) is 7.05 Å². The Balaban J connectivity index is 1.75. The quantitative estimate of drug-likeness (QED) is 0.750. The van der Waals surface area contributed by atoms with Crippen LogP contribution in [-0.4, -0.2) is 39.1 Å². The zero-order valence-corrected chi connectivity index (χ0v) is 17.6. The number of urea groups is 1. The largest absolute Gasteiger partial charge is 0.325 e. The summed E-state index contributed by atoms with van der Waals surface area (Å²) in [6.07, 6.45) is 0. The summed E-state index contributed by atoms with van der Waals surface area (Å²) in [5.41, 5.74) is 0.292. The Labute approximate surface area is 174 Å². The summed E-state index contributed by atoms with van der Waals surface area (Å²) in [4.78, 5) is 38.8. The highest BCUT2D eigenvalue weighted by molar-refractivity contribution is 6.10. The lowest BCUT2D eigenvalue weighted by atomic mass is 9.91. The summed E-state index contributed by atoms with van der Waals surface area (Å²) in [6.45, 7) is 7.18. The second kappa shape index (κ2) is 7.30.